The second-order valence-electron chi connectivity index (χ2n) is 5.22. The van der Waals surface area contributed by atoms with Gasteiger partial charge in [0, 0.05) is 25.4 Å². The number of pyridine rings is 1. The Bertz CT molecular complexity index is 768. The van der Waals surface area contributed by atoms with Crippen molar-refractivity contribution < 1.29 is 9.59 Å². The van der Waals surface area contributed by atoms with Gasteiger partial charge in [-0.25, -0.2) is 4.98 Å². The summed E-state index contributed by atoms with van der Waals surface area (Å²) in [6.45, 7) is 0.914. The van der Waals surface area contributed by atoms with Gasteiger partial charge in [0.1, 0.15) is 5.65 Å². The number of hydrogen-bond acceptors (Lipinski definition) is 3. The summed E-state index contributed by atoms with van der Waals surface area (Å²) in [7, 11) is 0. The Morgan fingerprint density at radius 2 is 2.23 bits per heavy atom. The molecule has 22 heavy (non-hydrogen) atoms. The minimum atomic E-state index is -0.357. The number of nitrogens with zero attached hydrogens (tertiary/aromatic N) is 3. The normalized spacial score (nSPS) is 18.4. The van der Waals surface area contributed by atoms with Gasteiger partial charge in [-0.3, -0.25) is 14.0 Å². The van der Waals surface area contributed by atoms with Crippen molar-refractivity contribution in [1.29, 1.82) is 0 Å². The average Bonchev–Trinajstić information content (AvgIpc) is 3.09. The maximum Gasteiger partial charge on any atom is 0.246 e. The number of aromatic nitrogens is 2. The lowest BCUT2D eigenvalue weighted by Crippen LogP contribution is -2.30. The Balaban J connectivity index is 1.77. The van der Waals surface area contributed by atoms with E-state index in [0.29, 0.717) is 30.4 Å². The highest BCUT2D eigenvalue weighted by Gasteiger charge is 2.28. The van der Waals surface area contributed by atoms with E-state index in [2.05, 4.69) is 4.98 Å². The van der Waals surface area contributed by atoms with E-state index in [1.807, 2.05) is 28.8 Å². The van der Waals surface area contributed by atoms with Crippen molar-refractivity contribution in [2.45, 2.75) is 6.42 Å². The summed E-state index contributed by atoms with van der Waals surface area (Å²) in [5.74, 6) is -0.772. The fourth-order valence-electron chi connectivity index (χ4n) is 2.58. The van der Waals surface area contributed by atoms with Crippen molar-refractivity contribution in [3.63, 3.8) is 0 Å². The molecule has 0 unspecified atom stereocenters. The maximum absolute atomic E-state index is 12.2. The summed E-state index contributed by atoms with van der Waals surface area (Å²) in [5.41, 5.74) is 6.64. The lowest BCUT2D eigenvalue weighted by Gasteiger charge is -2.13. The fraction of sp³-hybridized carbons (Fsp3) is 0.267. The van der Waals surface area contributed by atoms with Crippen molar-refractivity contribution in [2.24, 2.45) is 11.7 Å². The van der Waals surface area contributed by atoms with E-state index in [4.69, 9.17) is 17.3 Å². The van der Waals surface area contributed by atoms with Crippen LogP contribution in [0.1, 0.15) is 12.1 Å². The third-order valence-corrected chi connectivity index (χ3v) is 4.09. The number of carbonyl (C=O) groups excluding carboxylic acids is 2. The molecule has 0 saturated carbocycles. The number of halogens is 1. The molecule has 0 aromatic carbocycles. The summed E-state index contributed by atoms with van der Waals surface area (Å²) >= 11 is 6.11. The standard InChI is InChI=1S/C15H15ClN4O2/c16-14-11(20-7-2-1-3-12(20)18-14)4-5-13(21)19-8-6-10(9-19)15(17)22/h1-5,7,10H,6,8-9H2,(H2,17,22)/b5-4-/t10-/m1/s1. The predicted molar refractivity (Wildman–Crippen MR) is 83.1 cm³/mol. The van der Waals surface area contributed by atoms with Crippen molar-refractivity contribution >= 4 is 35.1 Å². The molecule has 3 rings (SSSR count). The van der Waals surface area contributed by atoms with Gasteiger partial charge in [-0.1, -0.05) is 17.7 Å². The highest BCUT2D eigenvalue weighted by atomic mass is 35.5. The summed E-state index contributed by atoms with van der Waals surface area (Å²) in [6.07, 6.45) is 5.54. The Kier molecular flexibility index (Phi) is 3.85. The highest BCUT2D eigenvalue weighted by molar-refractivity contribution is 6.31. The molecule has 7 heteroatoms. The fourth-order valence-corrected chi connectivity index (χ4v) is 2.82. The van der Waals surface area contributed by atoms with E-state index in [1.54, 1.807) is 11.0 Å². The number of fused-ring (bicyclic) bond motifs is 1. The quantitative estimate of drug-likeness (QED) is 0.867. The van der Waals surface area contributed by atoms with Crippen LogP contribution in [0.15, 0.2) is 30.5 Å². The molecule has 1 atom stereocenters. The largest absolute Gasteiger partial charge is 0.369 e. The Labute approximate surface area is 132 Å². The number of amides is 2. The van der Waals surface area contributed by atoms with Crippen LogP contribution in [0.2, 0.25) is 5.15 Å². The molecule has 0 aliphatic carbocycles. The number of imidazole rings is 1. The van der Waals surface area contributed by atoms with Crippen molar-refractivity contribution in [2.75, 3.05) is 13.1 Å². The van der Waals surface area contributed by atoms with Gasteiger partial charge < -0.3 is 10.6 Å². The minimum Gasteiger partial charge on any atom is -0.369 e. The maximum atomic E-state index is 12.2. The second kappa shape index (κ2) is 5.81. The molecular weight excluding hydrogens is 304 g/mol. The summed E-state index contributed by atoms with van der Waals surface area (Å²) in [4.78, 5) is 29.1. The van der Waals surface area contributed by atoms with E-state index in [-0.39, 0.29) is 17.7 Å². The third kappa shape index (κ3) is 2.69. The molecule has 6 nitrogen and oxygen atoms in total. The molecule has 2 N–H and O–H groups in total. The zero-order valence-electron chi connectivity index (χ0n) is 11.8. The van der Waals surface area contributed by atoms with Gasteiger partial charge in [-0.15, -0.1) is 0 Å². The monoisotopic (exact) mass is 318 g/mol. The molecular formula is C15H15ClN4O2. The molecule has 2 aromatic heterocycles. The van der Waals surface area contributed by atoms with Gasteiger partial charge in [0.2, 0.25) is 11.8 Å². The lowest BCUT2D eigenvalue weighted by molar-refractivity contribution is -0.125. The molecule has 2 amide bonds. The average molecular weight is 319 g/mol. The summed E-state index contributed by atoms with van der Waals surface area (Å²) < 4.78 is 1.81. The topological polar surface area (TPSA) is 80.7 Å². The molecule has 114 valence electrons. The van der Waals surface area contributed by atoms with Gasteiger partial charge in [-0.05, 0) is 24.6 Å². The van der Waals surface area contributed by atoms with E-state index < -0.39 is 0 Å². The second-order valence-corrected chi connectivity index (χ2v) is 5.58. The first-order valence-corrected chi connectivity index (χ1v) is 7.33. The van der Waals surface area contributed by atoms with E-state index >= 15 is 0 Å². The van der Waals surface area contributed by atoms with Crippen LogP contribution < -0.4 is 5.73 Å². The third-order valence-electron chi connectivity index (χ3n) is 3.81. The number of likely N-dealkylation sites (tertiary alicyclic amines) is 1. The van der Waals surface area contributed by atoms with Crippen LogP contribution in [0.25, 0.3) is 11.7 Å². The summed E-state index contributed by atoms with van der Waals surface area (Å²) in [5, 5.41) is 0.340. The molecule has 1 aliphatic rings. The number of primary amides is 1. The first-order chi connectivity index (χ1) is 10.6. The minimum absolute atomic E-state index is 0.161. The molecule has 2 aromatic rings. The van der Waals surface area contributed by atoms with Crippen LogP contribution in [0.4, 0.5) is 0 Å². The van der Waals surface area contributed by atoms with Gasteiger partial charge >= 0.3 is 0 Å². The first kappa shape index (κ1) is 14.6. The Morgan fingerprint density at radius 3 is 2.95 bits per heavy atom. The number of carbonyl (C=O) groups is 2. The van der Waals surface area contributed by atoms with Gasteiger partial charge in [0.05, 0.1) is 11.6 Å². The molecule has 0 radical (unpaired) electrons. The van der Waals surface area contributed by atoms with E-state index in [9.17, 15) is 9.59 Å². The molecule has 1 aliphatic heterocycles. The van der Waals surface area contributed by atoms with Crippen molar-refractivity contribution in [3.8, 4) is 0 Å². The SMILES string of the molecule is NC(=O)[C@@H]1CCN(C(=O)/C=C\c2c(Cl)nc3ccccn23)C1. The van der Waals surface area contributed by atoms with E-state index in [1.165, 1.54) is 6.08 Å². The molecule has 1 saturated heterocycles. The highest BCUT2D eigenvalue weighted by Crippen LogP contribution is 2.20. The number of hydrogen-bond donors (Lipinski definition) is 1. The van der Waals surface area contributed by atoms with Crippen molar-refractivity contribution in [3.05, 3.63) is 41.3 Å². The zero-order chi connectivity index (χ0) is 15.7. The first-order valence-electron chi connectivity index (χ1n) is 6.95. The predicted octanol–water partition coefficient (Wildman–Crippen LogP) is 1.33. The number of nitrogens with two attached hydrogens (primary N) is 1. The van der Waals surface area contributed by atoms with Crippen LogP contribution in [0.5, 0.6) is 0 Å². The summed E-state index contributed by atoms with van der Waals surface area (Å²) in [6, 6.07) is 5.57. The Hall–Kier alpha value is -2.34. The van der Waals surface area contributed by atoms with Gasteiger partial charge in [0.15, 0.2) is 5.15 Å². The van der Waals surface area contributed by atoms with Crippen LogP contribution in [-0.2, 0) is 9.59 Å². The van der Waals surface area contributed by atoms with Crippen LogP contribution in [0.3, 0.4) is 0 Å². The molecule has 0 spiro atoms. The van der Waals surface area contributed by atoms with E-state index in [0.717, 1.165) is 5.65 Å². The van der Waals surface area contributed by atoms with Crippen LogP contribution in [-0.4, -0.2) is 39.2 Å². The smallest absolute Gasteiger partial charge is 0.246 e. The van der Waals surface area contributed by atoms with Crippen LogP contribution in [0, 0.1) is 5.92 Å². The van der Waals surface area contributed by atoms with Gasteiger partial charge in [-0.2, -0.15) is 0 Å². The van der Waals surface area contributed by atoms with Crippen molar-refractivity contribution in [1.82, 2.24) is 14.3 Å². The molecule has 0 bridgehead atoms. The molecule has 3 heterocycles. The lowest BCUT2D eigenvalue weighted by atomic mass is 10.1. The zero-order valence-corrected chi connectivity index (χ0v) is 12.5. The Morgan fingerprint density at radius 1 is 1.41 bits per heavy atom. The van der Waals surface area contributed by atoms with Crippen LogP contribution >= 0.6 is 11.6 Å². The molecule has 1 fully saturated rings. The van der Waals surface area contributed by atoms with Gasteiger partial charge in [0.25, 0.3) is 0 Å². The number of rotatable bonds is 3.